The lowest BCUT2D eigenvalue weighted by Crippen LogP contribution is -2.39. The molecule has 3 rings (SSSR count). The molecule has 6 nitrogen and oxygen atoms in total. The van der Waals surface area contributed by atoms with Gasteiger partial charge >= 0.3 is 0 Å². The van der Waals surface area contributed by atoms with E-state index in [0.717, 1.165) is 31.8 Å². The van der Waals surface area contributed by atoms with E-state index in [1.807, 2.05) is 60.9 Å². The van der Waals surface area contributed by atoms with Gasteiger partial charge in [-0.2, -0.15) is 5.10 Å². The Bertz CT molecular complexity index is 1140. The Hall–Kier alpha value is -2.84. The van der Waals surface area contributed by atoms with Gasteiger partial charge in [-0.1, -0.05) is 48.5 Å². The van der Waals surface area contributed by atoms with Crippen molar-refractivity contribution in [2.75, 3.05) is 23.4 Å². The maximum atomic E-state index is 12.4. The summed E-state index contributed by atoms with van der Waals surface area (Å²) < 4.78 is 25.8. The molecule has 1 amide bonds. The number of benzene rings is 3. The Balaban J connectivity index is 1.76. The molecule has 0 bridgehead atoms. The zero-order valence-corrected chi connectivity index (χ0v) is 17.7. The predicted octanol–water partition coefficient (Wildman–Crippen LogP) is 3.48. The molecule has 8 heteroatoms. The van der Waals surface area contributed by atoms with E-state index in [-0.39, 0.29) is 6.54 Å². The number of fused-ring (bicyclic) bond motifs is 1. The number of hydrazone groups is 1. The fraction of sp³-hybridized carbons (Fsp3) is 0.143. The van der Waals surface area contributed by atoms with E-state index in [1.165, 1.54) is 6.21 Å². The SMILES string of the molecule is CSc1ccc(/C=N\NC(=O)CN(c2cccc3ccccc23)S(C)(=O)=O)cc1. The molecule has 0 saturated heterocycles. The van der Waals surface area contributed by atoms with Crippen LogP contribution in [0.15, 0.2) is 76.7 Å². The lowest BCUT2D eigenvalue weighted by molar-refractivity contribution is -0.119. The van der Waals surface area contributed by atoms with Crippen LogP contribution in [0.5, 0.6) is 0 Å². The first-order valence-electron chi connectivity index (χ1n) is 8.80. The van der Waals surface area contributed by atoms with Gasteiger partial charge < -0.3 is 0 Å². The fourth-order valence-electron chi connectivity index (χ4n) is 2.84. The van der Waals surface area contributed by atoms with Gasteiger partial charge in [-0.25, -0.2) is 13.8 Å². The van der Waals surface area contributed by atoms with Crippen LogP contribution in [0, 0.1) is 0 Å². The normalized spacial score (nSPS) is 11.7. The largest absolute Gasteiger partial charge is 0.271 e. The van der Waals surface area contributed by atoms with Crippen molar-refractivity contribution in [3.63, 3.8) is 0 Å². The van der Waals surface area contributed by atoms with Gasteiger partial charge in [-0.3, -0.25) is 9.10 Å². The molecule has 0 heterocycles. The summed E-state index contributed by atoms with van der Waals surface area (Å²) in [6, 6.07) is 20.5. The number of carbonyl (C=O) groups is 1. The molecule has 29 heavy (non-hydrogen) atoms. The smallest absolute Gasteiger partial charge is 0.260 e. The van der Waals surface area contributed by atoms with E-state index < -0.39 is 15.9 Å². The first-order valence-corrected chi connectivity index (χ1v) is 11.9. The Labute approximate surface area is 174 Å². The van der Waals surface area contributed by atoms with Crippen LogP contribution in [0.4, 0.5) is 5.69 Å². The van der Waals surface area contributed by atoms with Crippen molar-refractivity contribution in [3.8, 4) is 0 Å². The number of amides is 1. The average Bonchev–Trinajstić information content (AvgIpc) is 2.71. The maximum absolute atomic E-state index is 12.4. The zero-order chi connectivity index (χ0) is 20.9. The minimum Gasteiger partial charge on any atom is -0.271 e. The highest BCUT2D eigenvalue weighted by Gasteiger charge is 2.22. The lowest BCUT2D eigenvalue weighted by Gasteiger charge is -2.23. The molecule has 0 saturated carbocycles. The van der Waals surface area contributed by atoms with Crippen LogP contribution < -0.4 is 9.73 Å². The first-order chi connectivity index (χ1) is 13.9. The summed E-state index contributed by atoms with van der Waals surface area (Å²) in [5, 5.41) is 5.58. The molecular formula is C21H21N3O3S2. The number of nitrogens with zero attached hydrogens (tertiary/aromatic N) is 2. The highest BCUT2D eigenvalue weighted by atomic mass is 32.2. The number of sulfonamides is 1. The Morgan fingerprint density at radius 2 is 1.76 bits per heavy atom. The van der Waals surface area contributed by atoms with Gasteiger partial charge in [0.1, 0.15) is 6.54 Å². The highest BCUT2D eigenvalue weighted by molar-refractivity contribution is 7.98. The standard InChI is InChI=1S/C21H21N3O3S2/c1-28-18-12-10-16(11-13-18)14-22-23-21(25)15-24(29(2,26)27)20-9-5-7-17-6-3-4-8-19(17)20/h3-14H,15H2,1-2H3,(H,23,25)/b22-14-. The van der Waals surface area contributed by atoms with Gasteiger partial charge in [0, 0.05) is 10.3 Å². The van der Waals surface area contributed by atoms with Gasteiger partial charge in [0.25, 0.3) is 5.91 Å². The van der Waals surface area contributed by atoms with Crippen LogP contribution >= 0.6 is 11.8 Å². The molecule has 0 aliphatic carbocycles. The van der Waals surface area contributed by atoms with Crippen molar-refractivity contribution in [2.45, 2.75) is 4.90 Å². The third-order valence-electron chi connectivity index (χ3n) is 4.24. The second-order valence-electron chi connectivity index (χ2n) is 6.33. The number of hydrogen-bond donors (Lipinski definition) is 1. The summed E-state index contributed by atoms with van der Waals surface area (Å²) >= 11 is 1.64. The summed E-state index contributed by atoms with van der Waals surface area (Å²) in [5.74, 6) is -0.527. The van der Waals surface area contributed by atoms with E-state index in [0.29, 0.717) is 5.69 Å². The molecule has 0 radical (unpaired) electrons. The van der Waals surface area contributed by atoms with Crippen LogP contribution in [0.1, 0.15) is 5.56 Å². The lowest BCUT2D eigenvalue weighted by atomic mass is 10.1. The van der Waals surface area contributed by atoms with Gasteiger partial charge in [0.15, 0.2) is 0 Å². The number of anilines is 1. The van der Waals surface area contributed by atoms with Gasteiger partial charge in [-0.05, 0) is 35.4 Å². The van der Waals surface area contributed by atoms with Crippen LogP contribution in [0.3, 0.4) is 0 Å². The third kappa shape index (κ3) is 5.36. The van der Waals surface area contributed by atoms with E-state index in [4.69, 9.17) is 0 Å². The minimum atomic E-state index is -3.67. The summed E-state index contributed by atoms with van der Waals surface area (Å²) in [5.41, 5.74) is 3.69. The van der Waals surface area contributed by atoms with Gasteiger partial charge in [0.05, 0.1) is 18.2 Å². The second kappa shape index (κ2) is 9.11. The molecule has 1 N–H and O–H groups in total. The Morgan fingerprint density at radius 1 is 1.07 bits per heavy atom. The monoisotopic (exact) mass is 427 g/mol. The van der Waals surface area contributed by atoms with Crippen LogP contribution in [0.2, 0.25) is 0 Å². The molecular weight excluding hydrogens is 406 g/mol. The molecule has 0 aromatic heterocycles. The Kier molecular flexibility index (Phi) is 6.56. The fourth-order valence-corrected chi connectivity index (χ4v) is 4.12. The number of hydrogen-bond acceptors (Lipinski definition) is 5. The second-order valence-corrected chi connectivity index (χ2v) is 9.12. The predicted molar refractivity (Wildman–Crippen MR) is 120 cm³/mol. The minimum absolute atomic E-state index is 0.365. The van der Waals surface area contributed by atoms with E-state index in [9.17, 15) is 13.2 Å². The molecule has 0 spiro atoms. The van der Waals surface area contributed by atoms with Crippen molar-refractivity contribution in [2.24, 2.45) is 5.10 Å². The molecule has 0 aliphatic heterocycles. The van der Waals surface area contributed by atoms with E-state index >= 15 is 0 Å². The highest BCUT2D eigenvalue weighted by Crippen LogP contribution is 2.28. The quantitative estimate of drug-likeness (QED) is 0.356. The molecule has 150 valence electrons. The van der Waals surface area contributed by atoms with Crippen LogP contribution in [-0.2, 0) is 14.8 Å². The third-order valence-corrected chi connectivity index (χ3v) is 6.11. The van der Waals surface area contributed by atoms with Crippen molar-refractivity contribution >= 4 is 50.4 Å². The summed E-state index contributed by atoms with van der Waals surface area (Å²) in [6.45, 7) is -0.365. The number of thioether (sulfide) groups is 1. The number of carbonyl (C=O) groups excluding carboxylic acids is 1. The zero-order valence-electron chi connectivity index (χ0n) is 16.1. The summed E-state index contributed by atoms with van der Waals surface area (Å²) in [4.78, 5) is 13.5. The number of nitrogens with one attached hydrogen (secondary N) is 1. The molecule has 0 unspecified atom stereocenters. The maximum Gasteiger partial charge on any atom is 0.260 e. The average molecular weight is 428 g/mol. The molecule has 0 aliphatic rings. The summed E-state index contributed by atoms with van der Waals surface area (Å²) in [6.07, 6.45) is 4.59. The Morgan fingerprint density at radius 3 is 2.45 bits per heavy atom. The van der Waals surface area contributed by atoms with Crippen LogP contribution in [0.25, 0.3) is 10.8 Å². The first kappa shape index (κ1) is 20.9. The molecule has 0 fully saturated rings. The van der Waals surface area contributed by atoms with Gasteiger partial charge in [-0.15, -0.1) is 11.8 Å². The van der Waals surface area contributed by atoms with E-state index in [2.05, 4.69) is 10.5 Å². The van der Waals surface area contributed by atoms with Crippen molar-refractivity contribution in [1.29, 1.82) is 0 Å². The van der Waals surface area contributed by atoms with Gasteiger partial charge in [0.2, 0.25) is 10.0 Å². The topological polar surface area (TPSA) is 78.8 Å². The van der Waals surface area contributed by atoms with E-state index in [1.54, 1.807) is 23.9 Å². The molecule has 3 aromatic rings. The van der Waals surface area contributed by atoms with Crippen molar-refractivity contribution in [1.82, 2.24) is 5.43 Å². The molecule has 0 atom stereocenters. The number of rotatable bonds is 7. The van der Waals surface area contributed by atoms with Crippen molar-refractivity contribution in [3.05, 3.63) is 72.3 Å². The summed E-state index contributed by atoms with van der Waals surface area (Å²) in [7, 11) is -3.67. The van der Waals surface area contributed by atoms with Crippen LogP contribution in [-0.4, -0.2) is 39.6 Å². The molecule has 3 aromatic carbocycles. The van der Waals surface area contributed by atoms with Crippen molar-refractivity contribution < 1.29 is 13.2 Å².